The molecule has 1 aliphatic rings. The summed E-state index contributed by atoms with van der Waals surface area (Å²) in [6.45, 7) is 18.0. The third kappa shape index (κ3) is 5.71. The van der Waals surface area contributed by atoms with E-state index in [1.54, 1.807) is 0 Å². The summed E-state index contributed by atoms with van der Waals surface area (Å²) in [6.07, 6.45) is 4.11. The molecule has 0 aliphatic carbocycles. The van der Waals surface area contributed by atoms with Gasteiger partial charge < -0.3 is 10.1 Å². The molecular weight excluding hydrogens is 248 g/mol. The number of hydrogen-bond donors (Lipinski definition) is 1. The predicted molar refractivity (Wildman–Crippen MR) is 87.2 cm³/mol. The van der Waals surface area contributed by atoms with Gasteiger partial charge in [-0.3, -0.25) is 4.90 Å². The molecule has 3 heteroatoms. The van der Waals surface area contributed by atoms with Crippen molar-refractivity contribution < 1.29 is 4.74 Å². The summed E-state index contributed by atoms with van der Waals surface area (Å²) >= 11 is 0. The van der Waals surface area contributed by atoms with Gasteiger partial charge in [0.05, 0.1) is 12.7 Å². The summed E-state index contributed by atoms with van der Waals surface area (Å²) in [5, 5.41) is 3.65. The van der Waals surface area contributed by atoms with Crippen molar-refractivity contribution in [1.29, 1.82) is 0 Å². The molecule has 1 fully saturated rings. The zero-order chi connectivity index (χ0) is 15.2. The average molecular weight is 284 g/mol. The minimum atomic E-state index is 0.365. The first-order valence-corrected chi connectivity index (χ1v) is 8.49. The number of nitrogens with zero attached hydrogens (tertiary/aromatic N) is 1. The second-order valence-corrected chi connectivity index (χ2v) is 7.23. The van der Waals surface area contributed by atoms with Gasteiger partial charge in [-0.25, -0.2) is 0 Å². The van der Waals surface area contributed by atoms with Gasteiger partial charge in [0.15, 0.2) is 0 Å². The van der Waals surface area contributed by atoms with E-state index in [1.807, 2.05) is 0 Å². The quantitative estimate of drug-likeness (QED) is 0.740. The standard InChI is InChI=1S/C17H36N2O/c1-7-9-17(6,12-18-14(3)4)13-19-10-15(5)20-11-16(19)8-2/h14-16,18H,7-13H2,1-6H3. The minimum absolute atomic E-state index is 0.365. The number of rotatable bonds is 8. The molecule has 3 unspecified atom stereocenters. The van der Waals surface area contributed by atoms with E-state index in [9.17, 15) is 0 Å². The number of ether oxygens (including phenoxy) is 1. The van der Waals surface area contributed by atoms with E-state index in [0.717, 1.165) is 19.7 Å². The van der Waals surface area contributed by atoms with E-state index in [0.29, 0.717) is 23.6 Å². The molecule has 0 saturated carbocycles. The van der Waals surface area contributed by atoms with Gasteiger partial charge in [0.25, 0.3) is 0 Å². The van der Waals surface area contributed by atoms with Crippen LogP contribution in [0, 0.1) is 5.41 Å². The lowest BCUT2D eigenvalue weighted by atomic mass is 9.83. The van der Waals surface area contributed by atoms with Gasteiger partial charge >= 0.3 is 0 Å². The number of nitrogens with one attached hydrogen (secondary N) is 1. The zero-order valence-corrected chi connectivity index (χ0v) is 14.5. The van der Waals surface area contributed by atoms with Crippen molar-refractivity contribution in [2.24, 2.45) is 5.41 Å². The fraction of sp³-hybridized carbons (Fsp3) is 1.00. The van der Waals surface area contributed by atoms with Gasteiger partial charge in [0, 0.05) is 31.7 Å². The Hall–Kier alpha value is -0.120. The molecule has 1 rings (SSSR count). The largest absolute Gasteiger partial charge is 0.376 e. The van der Waals surface area contributed by atoms with Crippen LogP contribution < -0.4 is 5.32 Å². The Morgan fingerprint density at radius 2 is 2.05 bits per heavy atom. The number of morpholine rings is 1. The summed E-state index contributed by atoms with van der Waals surface area (Å²) in [5.41, 5.74) is 0.365. The molecule has 1 saturated heterocycles. The summed E-state index contributed by atoms with van der Waals surface area (Å²) in [7, 11) is 0. The lowest BCUT2D eigenvalue weighted by molar-refractivity contribution is -0.0686. The maximum Gasteiger partial charge on any atom is 0.0674 e. The van der Waals surface area contributed by atoms with Crippen LogP contribution in [0.25, 0.3) is 0 Å². The van der Waals surface area contributed by atoms with Crippen LogP contribution in [0.5, 0.6) is 0 Å². The smallest absolute Gasteiger partial charge is 0.0674 e. The Morgan fingerprint density at radius 3 is 2.60 bits per heavy atom. The minimum Gasteiger partial charge on any atom is -0.376 e. The van der Waals surface area contributed by atoms with Crippen LogP contribution in [-0.4, -0.2) is 49.3 Å². The molecule has 0 spiro atoms. The SMILES string of the molecule is CCCC(C)(CNC(C)C)CN1CC(C)OCC1CC. The van der Waals surface area contributed by atoms with Gasteiger partial charge in [0.1, 0.15) is 0 Å². The fourth-order valence-corrected chi connectivity index (χ4v) is 3.25. The second kappa shape index (κ2) is 8.35. The lowest BCUT2D eigenvalue weighted by Gasteiger charge is -2.44. The van der Waals surface area contributed by atoms with Crippen molar-refractivity contribution in [2.75, 3.05) is 26.2 Å². The van der Waals surface area contributed by atoms with Crippen molar-refractivity contribution in [3.63, 3.8) is 0 Å². The summed E-state index contributed by atoms with van der Waals surface area (Å²) < 4.78 is 5.83. The predicted octanol–water partition coefficient (Wildman–Crippen LogP) is 3.29. The Kier molecular flexibility index (Phi) is 7.49. The summed E-state index contributed by atoms with van der Waals surface area (Å²) in [4.78, 5) is 2.67. The molecule has 3 nitrogen and oxygen atoms in total. The van der Waals surface area contributed by atoms with E-state index in [1.165, 1.54) is 25.8 Å². The van der Waals surface area contributed by atoms with Crippen molar-refractivity contribution in [3.05, 3.63) is 0 Å². The van der Waals surface area contributed by atoms with E-state index in [2.05, 4.69) is 51.8 Å². The lowest BCUT2D eigenvalue weighted by Crippen LogP contribution is -2.53. The summed E-state index contributed by atoms with van der Waals surface area (Å²) in [5.74, 6) is 0. The molecule has 0 aromatic carbocycles. The molecule has 1 N–H and O–H groups in total. The molecule has 1 heterocycles. The van der Waals surface area contributed by atoms with Crippen molar-refractivity contribution in [2.45, 2.75) is 79.0 Å². The Morgan fingerprint density at radius 1 is 1.35 bits per heavy atom. The maximum atomic E-state index is 5.83. The van der Waals surface area contributed by atoms with Gasteiger partial charge in [-0.1, -0.05) is 41.0 Å². The third-order valence-corrected chi connectivity index (χ3v) is 4.43. The highest BCUT2D eigenvalue weighted by molar-refractivity contribution is 4.86. The highest BCUT2D eigenvalue weighted by atomic mass is 16.5. The zero-order valence-electron chi connectivity index (χ0n) is 14.5. The molecule has 0 radical (unpaired) electrons. The first kappa shape index (κ1) is 17.9. The number of hydrogen-bond acceptors (Lipinski definition) is 3. The normalized spacial score (nSPS) is 27.8. The Labute approximate surface area is 126 Å². The molecule has 20 heavy (non-hydrogen) atoms. The van der Waals surface area contributed by atoms with Crippen molar-refractivity contribution in [1.82, 2.24) is 10.2 Å². The van der Waals surface area contributed by atoms with Crippen LogP contribution >= 0.6 is 0 Å². The van der Waals surface area contributed by atoms with Gasteiger partial charge in [-0.2, -0.15) is 0 Å². The van der Waals surface area contributed by atoms with Crippen molar-refractivity contribution in [3.8, 4) is 0 Å². The van der Waals surface area contributed by atoms with Crippen molar-refractivity contribution >= 4 is 0 Å². The van der Waals surface area contributed by atoms with Crippen LogP contribution in [0.15, 0.2) is 0 Å². The van der Waals surface area contributed by atoms with Gasteiger partial charge in [-0.05, 0) is 25.2 Å². The van der Waals surface area contributed by atoms with Crippen LogP contribution in [0.3, 0.4) is 0 Å². The molecular formula is C17H36N2O. The van der Waals surface area contributed by atoms with Crippen LogP contribution in [0.4, 0.5) is 0 Å². The van der Waals surface area contributed by atoms with E-state index < -0.39 is 0 Å². The van der Waals surface area contributed by atoms with E-state index in [4.69, 9.17) is 4.74 Å². The van der Waals surface area contributed by atoms with Crippen LogP contribution in [-0.2, 0) is 4.74 Å². The monoisotopic (exact) mass is 284 g/mol. The highest BCUT2D eigenvalue weighted by Gasteiger charge is 2.32. The van der Waals surface area contributed by atoms with Crippen LogP contribution in [0.1, 0.15) is 60.8 Å². The molecule has 120 valence electrons. The molecule has 0 bridgehead atoms. The molecule has 0 aromatic heterocycles. The third-order valence-electron chi connectivity index (χ3n) is 4.43. The van der Waals surface area contributed by atoms with E-state index in [-0.39, 0.29) is 0 Å². The topological polar surface area (TPSA) is 24.5 Å². The average Bonchev–Trinajstić information content (AvgIpc) is 2.37. The van der Waals surface area contributed by atoms with Crippen LogP contribution in [0.2, 0.25) is 0 Å². The highest BCUT2D eigenvalue weighted by Crippen LogP contribution is 2.27. The van der Waals surface area contributed by atoms with Gasteiger partial charge in [-0.15, -0.1) is 0 Å². The molecule has 1 aliphatic heterocycles. The Bertz CT molecular complexity index is 270. The van der Waals surface area contributed by atoms with E-state index >= 15 is 0 Å². The molecule has 0 amide bonds. The second-order valence-electron chi connectivity index (χ2n) is 7.23. The molecule has 3 atom stereocenters. The maximum absolute atomic E-state index is 5.83. The Balaban J connectivity index is 2.65. The summed E-state index contributed by atoms with van der Waals surface area (Å²) in [6, 6.07) is 1.16. The fourth-order valence-electron chi connectivity index (χ4n) is 3.25. The molecule has 0 aromatic rings. The first-order chi connectivity index (χ1) is 9.40. The van der Waals surface area contributed by atoms with Gasteiger partial charge in [0.2, 0.25) is 0 Å². The first-order valence-electron chi connectivity index (χ1n) is 8.49.